The fourth-order valence-electron chi connectivity index (χ4n) is 6.52. The third kappa shape index (κ3) is 1.88. The quantitative estimate of drug-likeness (QED) is 0.366. The molecule has 5 atom stereocenters. The summed E-state index contributed by atoms with van der Waals surface area (Å²) in [6.07, 6.45) is 9.69. The van der Waals surface area contributed by atoms with Gasteiger partial charge in [0.25, 0.3) is 0 Å². The highest BCUT2D eigenvalue weighted by molar-refractivity contribution is 5.92. The standard InChI is InChI=1S/C20H29NO/c1-12-4-5-15-14(10-12)11-13(2)19-16(15)8-9-20(3)17(19)6-7-18(20)21-22/h13,16-17,19,22H,1,4-11H2,2-3H3/t13-,16-,17+,19-,20+/m1/s1. The topological polar surface area (TPSA) is 32.6 Å². The number of oxime groups is 1. The molecule has 4 aliphatic carbocycles. The average molecular weight is 299 g/mol. The van der Waals surface area contributed by atoms with Gasteiger partial charge in [0.15, 0.2) is 0 Å². The van der Waals surface area contributed by atoms with Crippen molar-refractivity contribution in [3.63, 3.8) is 0 Å². The summed E-state index contributed by atoms with van der Waals surface area (Å²) in [5.74, 6) is 3.12. The summed E-state index contributed by atoms with van der Waals surface area (Å²) in [6.45, 7) is 9.08. The number of hydrogen-bond acceptors (Lipinski definition) is 2. The van der Waals surface area contributed by atoms with Gasteiger partial charge in [-0.3, -0.25) is 0 Å². The van der Waals surface area contributed by atoms with Crippen LogP contribution in [0.1, 0.15) is 65.2 Å². The zero-order chi connectivity index (χ0) is 15.5. The highest BCUT2D eigenvalue weighted by Crippen LogP contribution is 2.61. The average Bonchev–Trinajstić information content (AvgIpc) is 2.83. The second-order valence-electron chi connectivity index (χ2n) is 8.57. The Morgan fingerprint density at radius 2 is 2.05 bits per heavy atom. The van der Waals surface area contributed by atoms with Crippen LogP contribution in [0.5, 0.6) is 0 Å². The molecule has 120 valence electrons. The van der Waals surface area contributed by atoms with Crippen molar-refractivity contribution >= 4 is 5.71 Å². The molecule has 0 spiro atoms. The van der Waals surface area contributed by atoms with E-state index in [1.54, 1.807) is 5.57 Å². The van der Waals surface area contributed by atoms with Gasteiger partial charge < -0.3 is 5.21 Å². The molecule has 0 heterocycles. The first kappa shape index (κ1) is 14.5. The lowest BCUT2D eigenvalue weighted by molar-refractivity contribution is 0.0389. The molecule has 4 aliphatic rings. The maximum atomic E-state index is 9.42. The van der Waals surface area contributed by atoms with Crippen molar-refractivity contribution in [1.82, 2.24) is 0 Å². The van der Waals surface area contributed by atoms with Gasteiger partial charge in [-0.15, -0.1) is 0 Å². The molecule has 2 fully saturated rings. The first-order chi connectivity index (χ1) is 10.5. The fraction of sp³-hybridized carbons (Fsp3) is 0.750. The minimum Gasteiger partial charge on any atom is -0.411 e. The van der Waals surface area contributed by atoms with Crippen molar-refractivity contribution in [2.24, 2.45) is 34.2 Å². The molecule has 0 amide bonds. The molecule has 0 aromatic rings. The van der Waals surface area contributed by atoms with Crippen molar-refractivity contribution < 1.29 is 5.21 Å². The molecule has 0 aromatic carbocycles. The van der Waals surface area contributed by atoms with Gasteiger partial charge in [0, 0.05) is 5.41 Å². The Hall–Kier alpha value is -1.05. The van der Waals surface area contributed by atoms with Gasteiger partial charge in [0.05, 0.1) is 5.71 Å². The molecular formula is C20H29NO. The molecule has 2 heteroatoms. The molecular weight excluding hydrogens is 270 g/mol. The van der Waals surface area contributed by atoms with Gasteiger partial charge in [0.2, 0.25) is 0 Å². The monoisotopic (exact) mass is 299 g/mol. The SMILES string of the molecule is C=C1CCC2=C(C1)C[C@@H](C)[C@@H]1[C@@H]2CC[C@]2(C)C(=NO)CC[C@@H]12. The van der Waals surface area contributed by atoms with Gasteiger partial charge >= 0.3 is 0 Å². The zero-order valence-corrected chi connectivity index (χ0v) is 14.1. The lowest BCUT2D eigenvalue weighted by atomic mass is 9.52. The Labute approximate surface area is 134 Å². The second-order valence-corrected chi connectivity index (χ2v) is 8.57. The largest absolute Gasteiger partial charge is 0.411 e. The van der Waals surface area contributed by atoms with Gasteiger partial charge in [-0.05, 0) is 75.0 Å². The number of fused-ring (bicyclic) bond motifs is 4. The van der Waals surface area contributed by atoms with Crippen LogP contribution in [0.15, 0.2) is 28.5 Å². The number of nitrogens with zero attached hydrogens (tertiary/aromatic N) is 1. The molecule has 0 aliphatic heterocycles. The minimum absolute atomic E-state index is 0.167. The molecule has 2 saturated carbocycles. The van der Waals surface area contributed by atoms with Crippen LogP contribution in [0, 0.1) is 29.1 Å². The fourth-order valence-corrected chi connectivity index (χ4v) is 6.52. The molecule has 0 bridgehead atoms. The maximum absolute atomic E-state index is 9.42. The summed E-state index contributed by atoms with van der Waals surface area (Å²) < 4.78 is 0. The maximum Gasteiger partial charge on any atom is 0.0632 e. The van der Waals surface area contributed by atoms with Crippen molar-refractivity contribution in [3.05, 3.63) is 23.3 Å². The summed E-state index contributed by atoms with van der Waals surface area (Å²) in [5, 5.41) is 13.1. The van der Waals surface area contributed by atoms with Crippen molar-refractivity contribution in [3.8, 4) is 0 Å². The van der Waals surface area contributed by atoms with Crippen LogP contribution in [0.3, 0.4) is 0 Å². The molecule has 4 rings (SSSR count). The van der Waals surface area contributed by atoms with Gasteiger partial charge in [-0.1, -0.05) is 42.3 Å². The lowest BCUT2D eigenvalue weighted by Crippen LogP contribution is -2.46. The van der Waals surface area contributed by atoms with Crippen LogP contribution in [0.25, 0.3) is 0 Å². The van der Waals surface area contributed by atoms with Crippen molar-refractivity contribution in [2.75, 3.05) is 0 Å². The summed E-state index contributed by atoms with van der Waals surface area (Å²) >= 11 is 0. The summed E-state index contributed by atoms with van der Waals surface area (Å²) in [5.41, 5.74) is 6.25. The number of hydrogen-bond donors (Lipinski definition) is 1. The van der Waals surface area contributed by atoms with E-state index in [0.717, 1.165) is 35.8 Å². The predicted octanol–water partition coefficient (Wildman–Crippen LogP) is 5.34. The first-order valence-electron chi connectivity index (χ1n) is 9.13. The third-order valence-corrected chi connectivity index (χ3v) is 7.53. The van der Waals surface area contributed by atoms with Crippen LogP contribution in [-0.4, -0.2) is 10.9 Å². The van der Waals surface area contributed by atoms with Crippen molar-refractivity contribution in [1.29, 1.82) is 0 Å². The number of allylic oxidation sites excluding steroid dienone is 3. The Balaban J connectivity index is 1.71. The smallest absolute Gasteiger partial charge is 0.0632 e. The minimum atomic E-state index is 0.167. The summed E-state index contributed by atoms with van der Waals surface area (Å²) in [6, 6.07) is 0. The summed E-state index contributed by atoms with van der Waals surface area (Å²) in [4.78, 5) is 0. The van der Waals surface area contributed by atoms with Crippen LogP contribution in [0.4, 0.5) is 0 Å². The molecule has 0 unspecified atom stereocenters. The molecule has 1 N–H and O–H groups in total. The Morgan fingerprint density at radius 1 is 1.23 bits per heavy atom. The van der Waals surface area contributed by atoms with Crippen LogP contribution in [0.2, 0.25) is 0 Å². The zero-order valence-electron chi connectivity index (χ0n) is 14.1. The Kier molecular flexibility index (Phi) is 3.29. The Bertz CT molecular complexity index is 572. The van der Waals surface area contributed by atoms with Gasteiger partial charge in [-0.2, -0.15) is 0 Å². The highest BCUT2D eigenvalue weighted by atomic mass is 16.4. The van der Waals surface area contributed by atoms with E-state index in [-0.39, 0.29) is 5.41 Å². The third-order valence-electron chi connectivity index (χ3n) is 7.53. The van der Waals surface area contributed by atoms with E-state index in [2.05, 4.69) is 25.6 Å². The van der Waals surface area contributed by atoms with Crippen LogP contribution in [-0.2, 0) is 0 Å². The number of rotatable bonds is 0. The molecule has 0 radical (unpaired) electrons. The summed E-state index contributed by atoms with van der Waals surface area (Å²) in [7, 11) is 0. The van der Waals surface area contributed by atoms with Crippen LogP contribution < -0.4 is 0 Å². The van der Waals surface area contributed by atoms with E-state index in [0.29, 0.717) is 0 Å². The van der Waals surface area contributed by atoms with E-state index in [9.17, 15) is 5.21 Å². The molecule has 0 saturated heterocycles. The van der Waals surface area contributed by atoms with Gasteiger partial charge in [0.1, 0.15) is 0 Å². The van der Waals surface area contributed by atoms with Gasteiger partial charge in [-0.25, -0.2) is 0 Å². The van der Waals surface area contributed by atoms with E-state index in [1.165, 1.54) is 50.5 Å². The Morgan fingerprint density at radius 3 is 2.82 bits per heavy atom. The first-order valence-corrected chi connectivity index (χ1v) is 9.13. The molecule has 0 aromatic heterocycles. The normalized spacial score (nSPS) is 46.5. The second kappa shape index (κ2) is 4.97. The lowest BCUT2D eigenvalue weighted by Gasteiger charge is -2.53. The van der Waals surface area contributed by atoms with E-state index in [4.69, 9.17) is 0 Å². The predicted molar refractivity (Wildman–Crippen MR) is 90.1 cm³/mol. The van der Waals surface area contributed by atoms with Crippen molar-refractivity contribution in [2.45, 2.75) is 65.2 Å². The highest BCUT2D eigenvalue weighted by Gasteiger charge is 2.55. The van der Waals surface area contributed by atoms with E-state index < -0.39 is 0 Å². The van der Waals surface area contributed by atoms with E-state index >= 15 is 0 Å². The molecule has 22 heavy (non-hydrogen) atoms. The molecule has 2 nitrogen and oxygen atoms in total. The van der Waals surface area contributed by atoms with Crippen LogP contribution >= 0.6 is 0 Å². The van der Waals surface area contributed by atoms with E-state index in [1.807, 2.05) is 5.57 Å².